The Labute approximate surface area is 110 Å². The summed E-state index contributed by atoms with van der Waals surface area (Å²) in [7, 11) is 3.23. The van der Waals surface area contributed by atoms with Crippen molar-refractivity contribution in [1.82, 2.24) is 14.8 Å². The third-order valence-corrected chi connectivity index (χ3v) is 2.62. The summed E-state index contributed by atoms with van der Waals surface area (Å²) in [6.07, 6.45) is 1.39. The molecule has 0 fully saturated rings. The highest BCUT2D eigenvalue weighted by atomic mass is 16.5. The number of aryl methyl sites for hydroxylation is 1. The zero-order valence-electron chi connectivity index (χ0n) is 10.7. The maximum absolute atomic E-state index is 11.9. The molecule has 0 atom stereocenters. The number of rotatable bonds is 4. The smallest absolute Gasteiger partial charge is 0.340 e. The van der Waals surface area contributed by atoms with Crippen molar-refractivity contribution in [2.24, 2.45) is 7.05 Å². The summed E-state index contributed by atoms with van der Waals surface area (Å²) >= 11 is 0. The lowest BCUT2D eigenvalue weighted by atomic mass is 10.2. The second-order valence-electron chi connectivity index (χ2n) is 3.83. The molecule has 1 heterocycles. The number of aromatic nitrogens is 3. The van der Waals surface area contributed by atoms with Crippen LogP contribution in [0.4, 0.5) is 5.69 Å². The first-order chi connectivity index (χ1) is 9.11. The molecule has 0 unspecified atom stereocenters. The number of carbonyl (C=O) groups excluding carboxylic acids is 1. The summed E-state index contributed by atoms with van der Waals surface area (Å²) in [5.41, 5.74) is 6.34. The third-order valence-electron chi connectivity index (χ3n) is 2.62. The molecule has 2 rings (SSSR count). The van der Waals surface area contributed by atoms with Crippen LogP contribution in [0.15, 0.2) is 24.5 Å². The number of methoxy groups -OCH3 is 1. The number of nitrogens with two attached hydrogens (primary N) is 1. The molecule has 0 amide bonds. The van der Waals surface area contributed by atoms with Gasteiger partial charge in [-0.3, -0.25) is 4.68 Å². The molecule has 0 saturated carbocycles. The molecule has 0 aliphatic rings. The highest BCUT2D eigenvalue weighted by Crippen LogP contribution is 2.20. The van der Waals surface area contributed by atoms with Crippen LogP contribution in [0, 0.1) is 0 Å². The normalized spacial score (nSPS) is 10.2. The molecule has 7 heteroatoms. The average molecular weight is 262 g/mol. The van der Waals surface area contributed by atoms with Gasteiger partial charge in [0.2, 0.25) is 0 Å². The quantitative estimate of drug-likeness (QED) is 0.646. The maximum Gasteiger partial charge on any atom is 0.340 e. The first-order valence-corrected chi connectivity index (χ1v) is 5.55. The summed E-state index contributed by atoms with van der Waals surface area (Å²) in [4.78, 5) is 15.9. The highest BCUT2D eigenvalue weighted by Gasteiger charge is 2.13. The summed E-state index contributed by atoms with van der Waals surface area (Å²) < 4.78 is 11.7. The molecule has 0 spiro atoms. The van der Waals surface area contributed by atoms with Crippen LogP contribution in [0.25, 0.3) is 0 Å². The second kappa shape index (κ2) is 5.38. The van der Waals surface area contributed by atoms with Gasteiger partial charge in [0.25, 0.3) is 0 Å². The molecule has 7 nitrogen and oxygen atoms in total. The molecule has 0 radical (unpaired) electrons. The van der Waals surface area contributed by atoms with Crippen LogP contribution in [0.5, 0.6) is 5.75 Å². The van der Waals surface area contributed by atoms with Gasteiger partial charge in [-0.05, 0) is 18.2 Å². The van der Waals surface area contributed by atoms with Crippen LogP contribution < -0.4 is 10.5 Å². The van der Waals surface area contributed by atoms with Crippen LogP contribution in [0.2, 0.25) is 0 Å². The standard InChI is InChI=1S/C12H14N4O3/c1-16-11(14-7-15-16)6-19-12(17)9-5-8(18-2)3-4-10(9)13/h3-5,7H,6,13H2,1-2H3. The highest BCUT2D eigenvalue weighted by molar-refractivity contribution is 5.95. The van der Waals surface area contributed by atoms with E-state index in [1.165, 1.54) is 24.2 Å². The van der Waals surface area contributed by atoms with E-state index in [0.29, 0.717) is 17.3 Å². The van der Waals surface area contributed by atoms with Gasteiger partial charge < -0.3 is 15.2 Å². The third kappa shape index (κ3) is 2.82. The Morgan fingerprint density at radius 1 is 1.47 bits per heavy atom. The van der Waals surface area contributed by atoms with E-state index < -0.39 is 5.97 Å². The van der Waals surface area contributed by atoms with Crippen molar-refractivity contribution in [2.75, 3.05) is 12.8 Å². The molecule has 1 aromatic heterocycles. The second-order valence-corrected chi connectivity index (χ2v) is 3.83. The van der Waals surface area contributed by atoms with Crippen LogP contribution in [0.3, 0.4) is 0 Å². The van der Waals surface area contributed by atoms with Gasteiger partial charge in [0.1, 0.15) is 12.1 Å². The molecule has 0 saturated heterocycles. The van der Waals surface area contributed by atoms with Crippen LogP contribution in [-0.4, -0.2) is 27.8 Å². The van der Waals surface area contributed by atoms with Crippen molar-refractivity contribution in [1.29, 1.82) is 0 Å². The van der Waals surface area contributed by atoms with Gasteiger partial charge in [0, 0.05) is 12.7 Å². The zero-order chi connectivity index (χ0) is 13.8. The minimum absolute atomic E-state index is 0.0337. The monoisotopic (exact) mass is 262 g/mol. The molecule has 100 valence electrons. The predicted octanol–water partition coefficient (Wildman–Crippen LogP) is 0.763. The Balaban J connectivity index is 2.10. The maximum atomic E-state index is 11.9. The lowest BCUT2D eigenvalue weighted by Gasteiger charge is -2.08. The molecule has 1 aromatic carbocycles. The van der Waals surface area contributed by atoms with Crippen molar-refractivity contribution < 1.29 is 14.3 Å². The molecule has 2 aromatic rings. The first-order valence-electron chi connectivity index (χ1n) is 5.55. The first kappa shape index (κ1) is 12.9. The number of ether oxygens (including phenoxy) is 2. The molecule has 0 bridgehead atoms. The van der Waals surface area contributed by atoms with E-state index in [1.54, 1.807) is 19.2 Å². The average Bonchev–Trinajstić information content (AvgIpc) is 2.82. The van der Waals surface area contributed by atoms with Crippen LogP contribution in [-0.2, 0) is 18.4 Å². The largest absolute Gasteiger partial charge is 0.497 e. The Morgan fingerprint density at radius 2 is 2.26 bits per heavy atom. The lowest BCUT2D eigenvalue weighted by Crippen LogP contribution is -2.11. The molecule has 0 aliphatic heterocycles. The van der Waals surface area contributed by atoms with Gasteiger partial charge >= 0.3 is 5.97 Å². The Morgan fingerprint density at radius 3 is 2.89 bits per heavy atom. The summed E-state index contributed by atoms with van der Waals surface area (Å²) in [5.74, 6) is 0.564. The fourth-order valence-corrected chi connectivity index (χ4v) is 1.50. The van der Waals surface area contributed by atoms with Gasteiger partial charge in [-0.15, -0.1) is 0 Å². The molecule has 19 heavy (non-hydrogen) atoms. The Hall–Kier alpha value is -2.57. The number of carbonyl (C=O) groups is 1. The van der Waals surface area contributed by atoms with Crippen molar-refractivity contribution >= 4 is 11.7 Å². The van der Waals surface area contributed by atoms with E-state index in [0.717, 1.165) is 0 Å². The van der Waals surface area contributed by atoms with Crippen molar-refractivity contribution in [3.8, 4) is 5.75 Å². The van der Waals surface area contributed by atoms with Gasteiger partial charge in [0.05, 0.1) is 12.7 Å². The van der Waals surface area contributed by atoms with E-state index >= 15 is 0 Å². The molecule has 2 N–H and O–H groups in total. The summed E-state index contributed by atoms with van der Waals surface area (Å²) in [5, 5.41) is 3.88. The minimum atomic E-state index is -0.528. The van der Waals surface area contributed by atoms with E-state index in [-0.39, 0.29) is 12.2 Å². The van der Waals surface area contributed by atoms with Gasteiger partial charge in [-0.25, -0.2) is 9.78 Å². The van der Waals surface area contributed by atoms with Gasteiger partial charge in [0.15, 0.2) is 12.4 Å². The predicted molar refractivity (Wildman–Crippen MR) is 67.5 cm³/mol. The van der Waals surface area contributed by atoms with E-state index in [9.17, 15) is 4.79 Å². The Kier molecular flexibility index (Phi) is 3.65. The Bertz CT molecular complexity index is 594. The van der Waals surface area contributed by atoms with Crippen molar-refractivity contribution in [2.45, 2.75) is 6.61 Å². The van der Waals surface area contributed by atoms with Crippen molar-refractivity contribution in [3.63, 3.8) is 0 Å². The number of anilines is 1. The number of esters is 1. The van der Waals surface area contributed by atoms with Gasteiger partial charge in [-0.2, -0.15) is 5.10 Å². The van der Waals surface area contributed by atoms with Crippen LogP contribution in [0.1, 0.15) is 16.2 Å². The lowest BCUT2D eigenvalue weighted by molar-refractivity contribution is 0.0459. The molecular weight excluding hydrogens is 248 g/mol. The number of nitrogens with zero attached hydrogens (tertiary/aromatic N) is 3. The molecular formula is C12H14N4O3. The van der Waals surface area contributed by atoms with E-state index in [1.807, 2.05) is 0 Å². The number of hydrogen-bond donors (Lipinski definition) is 1. The minimum Gasteiger partial charge on any atom is -0.497 e. The number of hydrogen-bond acceptors (Lipinski definition) is 6. The van der Waals surface area contributed by atoms with Crippen LogP contribution >= 0.6 is 0 Å². The fraction of sp³-hybridized carbons (Fsp3) is 0.250. The van der Waals surface area contributed by atoms with E-state index in [4.69, 9.17) is 15.2 Å². The number of benzene rings is 1. The summed E-state index contributed by atoms with van der Waals surface area (Å²) in [6, 6.07) is 4.81. The van der Waals surface area contributed by atoms with Crippen molar-refractivity contribution in [3.05, 3.63) is 35.9 Å². The fourth-order valence-electron chi connectivity index (χ4n) is 1.50. The number of nitrogen functional groups attached to an aromatic ring is 1. The topological polar surface area (TPSA) is 92.3 Å². The molecule has 0 aliphatic carbocycles. The zero-order valence-corrected chi connectivity index (χ0v) is 10.7. The summed E-state index contributed by atoms with van der Waals surface area (Å²) in [6.45, 7) is 0.0337. The van der Waals surface area contributed by atoms with E-state index in [2.05, 4.69) is 10.1 Å². The van der Waals surface area contributed by atoms with Gasteiger partial charge in [-0.1, -0.05) is 0 Å². The SMILES string of the molecule is COc1ccc(N)c(C(=O)OCc2ncnn2C)c1.